The summed E-state index contributed by atoms with van der Waals surface area (Å²) in [7, 11) is 1.77. The van der Waals surface area contributed by atoms with Crippen molar-refractivity contribution in [2.75, 3.05) is 12.8 Å². The van der Waals surface area contributed by atoms with Crippen molar-refractivity contribution in [3.63, 3.8) is 0 Å². The summed E-state index contributed by atoms with van der Waals surface area (Å²) in [6.45, 7) is 2.60. The molecule has 0 unspecified atom stereocenters. The molecule has 4 heteroatoms. The first-order chi connectivity index (χ1) is 10.1. The summed E-state index contributed by atoms with van der Waals surface area (Å²) in [6, 6.07) is 14.5. The lowest BCUT2D eigenvalue weighted by molar-refractivity contribution is -0.127. The number of halogens is 1. The lowest BCUT2D eigenvalue weighted by Gasteiger charge is -2.18. The number of amides is 1. The Kier molecular flexibility index (Phi) is 5.39. The van der Waals surface area contributed by atoms with Gasteiger partial charge in [-0.05, 0) is 30.2 Å². The SMILES string of the molecule is Cc1ccccc1CN(C)C(=O)CSc1ccccc1F. The van der Waals surface area contributed by atoms with E-state index in [0.29, 0.717) is 11.4 Å². The number of hydrogen-bond donors (Lipinski definition) is 0. The van der Waals surface area contributed by atoms with Gasteiger partial charge >= 0.3 is 0 Å². The zero-order valence-corrected chi connectivity index (χ0v) is 13.0. The second kappa shape index (κ2) is 7.27. The molecule has 0 radical (unpaired) electrons. The molecule has 0 fully saturated rings. The second-order valence-corrected chi connectivity index (χ2v) is 5.91. The van der Waals surface area contributed by atoms with Crippen molar-refractivity contribution >= 4 is 17.7 Å². The predicted octanol–water partition coefficient (Wildman–Crippen LogP) is 3.88. The Hall–Kier alpha value is -1.81. The summed E-state index contributed by atoms with van der Waals surface area (Å²) in [6.07, 6.45) is 0. The molecule has 2 aromatic carbocycles. The van der Waals surface area contributed by atoms with Crippen LogP contribution < -0.4 is 0 Å². The van der Waals surface area contributed by atoms with Crippen LogP contribution in [-0.2, 0) is 11.3 Å². The van der Waals surface area contributed by atoms with Gasteiger partial charge < -0.3 is 4.90 Å². The first-order valence-corrected chi connectivity index (χ1v) is 7.72. The van der Waals surface area contributed by atoms with Crippen LogP contribution in [0.1, 0.15) is 11.1 Å². The van der Waals surface area contributed by atoms with Gasteiger partial charge in [0.15, 0.2) is 0 Å². The van der Waals surface area contributed by atoms with Crippen LogP contribution in [-0.4, -0.2) is 23.6 Å². The number of benzene rings is 2. The van der Waals surface area contributed by atoms with E-state index in [9.17, 15) is 9.18 Å². The molecule has 0 aromatic heterocycles. The van der Waals surface area contributed by atoms with Gasteiger partial charge in [0.25, 0.3) is 0 Å². The van der Waals surface area contributed by atoms with Gasteiger partial charge in [-0.2, -0.15) is 0 Å². The molecule has 2 aromatic rings. The van der Waals surface area contributed by atoms with E-state index in [0.717, 1.165) is 5.56 Å². The van der Waals surface area contributed by atoms with Crippen LogP contribution in [0, 0.1) is 12.7 Å². The Morgan fingerprint density at radius 3 is 2.52 bits per heavy atom. The number of carbonyl (C=O) groups excluding carboxylic acids is 1. The van der Waals surface area contributed by atoms with Crippen LogP contribution in [0.15, 0.2) is 53.4 Å². The Labute approximate surface area is 129 Å². The van der Waals surface area contributed by atoms with Crippen molar-refractivity contribution in [1.29, 1.82) is 0 Å². The number of hydrogen-bond acceptors (Lipinski definition) is 2. The van der Waals surface area contributed by atoms with Gasteiger partial charge in [0.2, 0.25) is 5.91 Å². The highest BCUT2D eigenvalue weighted by Crippen LogP contribution is 2.21. The smallest absolute Gasteiger partial charge is 0.232 e. The maximum Gasteiger partial charge on any atom is 0.232 e. The van der Waals surface area contributed by atoms with Crippen molar-refractivity contribution in [3.05, 3.63) is 65.5 Å². The van der Waals surface area contributed by atoms with Crippen LogP contribution in [0.2, 0.25) is 0 Å². The van der Waals surface area contributed by atoms with Crippen LogP contribution in [0.4, 0.5) is 4.39 Å². The number of carbonyl (C=O) groups is 1. The molecule has 0 aliphatic carbocycles. The summed E-state index contributed by atoms with van der Waals surface area (Å²) in [5, 5.41) is 0. The third-order valence-corrected chi connectivity index (χ3v) is 4.32. The summed E-state index contributed by atoms with van der Waals surface area (Å²) in [5.41, 5.74) is 2.29. The highest BCUT2D eigenvalue weighted by atomic mass is 32.2. The molecule has 0 saturated heterocycles. The maximum atomic E-state index is 13.5. The molecule has 1 amide bonds. The molecule has 0 aliphatic heterocycles. The lowest BCUT2D eigenvalue weighted by Crippen LogP contribution is -2.28. The van der Waals surface area contributed by atoms with Gasteiger partial charge in [-0.25, -0.2) is 4.39 Å². The Balaban J connectivity index is 1.91. The normalized spacial score (nSPS) is 10.4. The molecule has 0 saturated carbocycles. The molecule has 0 spiro atoms. The van der Waals surface area contributed by atoms with Crippen LogP contribution in [0.5, 0.6) is 0 Å². The minimum Gasteiger partial charge on any atom is -0.341 e. The molecular weight excluding hydrogens is 285 g/mol. The first-order valence-electron chi connectivity index (χ1n) is 6.73. The Bertz CT molecular complexity index is 630. The van der Waals surface area contributed by atoms with E-state index in [1.54, 1.807) is 30.1 Å². The molecule has 110 valence electrons. The van der Waals surface area contributed by atoms with E-state index in [1.807, 2.05) is 31.2 Å². The zero-order chi connectivity index (χ0) is 15.2. The number of thioether (sulfide) groups is 1. The van der Waals surface area contributed by atoms with Gasteiger partial charge in [0.05, 0.1) is 5.75 Å². The fraction of sp³-hybridized carbons (Fsp3) is 0.235. The standard InChI is InChI=1S/C17H18FNOS/c1-13-7-3-4-8-14(13)11-19(2)17(20)12-21-16-10-6-5-9-15(16)18/h3-10H,11-12H2,1-2H3. The number of nitrogens with zero attached hydrogens (tertiary/aromatic N) is 1. The number of rotatable bonds is 5. The summed E-state index contributed by atoms with van der Waals surface area (Å²) in [4.78, 5) is 14.3. The molecule has 0 bridgehead atoms. The average molecular weight is 303 g/mol. The van der Waals surface area contributed by atoms with E-state index in [1.165, 1.54) is 23.4 Å². The lowest BCUT2D eigenvalue weighted by atomic mass is 10.1. The molecule has 0 heterocycles. The molecule has 0 aliphatic rings. The van der Waals surface area contributed by atoms with E-state index in [2.05, 4.69) is 0 Å². The minimum absolute atomic E-state index is 0.00786. The van der Waals surface area contributed by atoms with Crippen LogP contribution in [0.3, 0.4) is 0 Å². The van der Waals surface area contributed by atoms with Crippen molar-refractivity contribution in [1.82, 2.24) is 4.90 Å². The van der Waals surface area contributed by atoms with Gasteiger partial charge in [0.1, 0.15) is 5.82 Å². The van der Waals surface area contributed by atoms with Crippen molar-refractivity contribution in [3.8, 4) is 0 Å². The van der Waals surface area contributed by atoms with E-state index < -0.39 is 0 Å². The molecular formula is C17H18FNOS. The van der Waals surface area contributed by atoms with E-state index in [-0.39, 0.29) is 17.5 Å². The first kappa shape index (κ1) is 15.6. The summed E-state index contributed by atoms with van der Waals surface area (Å²) < 4.78 is 13.5. The summed E-state index contributed by atoms with van der Waals surface area (Å²) in [5.74, 6) is -0.0492. The van der Waals surface area contributed by atoms with Gasteiger partial charge in [-0.15, -0.1) is 11.8 Å². The molecule has 2 rings (SSSR count). The highest BCUT2D eigenvalue weighted by Gasteiger charge is 2.12. The number of aryl methyl sites for hydroxylation is 1. The maximum absolute atomic E-state index is 13.5. The molecule has 2 nitrogen and oxygen atoms in total. The third-order valence-electron chi connectivity index (χ3n) is 3.28. The summed E-state index contributed by atoms with van der Waals surface area (Å²) >= 11 is 1.23. The zero-order valence-electron chi connectivity index (χ0n) is 12.2. The molecule has 21 heavy (non-hydrogen) atoms. The van der Waals surface area contributed by atoms with E-state index in [4.69, 9.17) is 0 Å². The van der Waals surface area contributed by atoms with Crippen molar-refractivity contribution in [2.24, 2.45) is 0 Å². The Morgan fingerprint density at radius 1 is 1.14 bits per heavy atom. The highest BCUT2D eigenvalue weighted by molar-refractivity contribution is 8.00. The average Bonchev–Trinajstić information content (AvgIpc) is 2.48. The van der Waals surface area contributed by atoms with Crippen molar-refractivity contribution < 1.29 is 9.18 Å². The van der Waals surface area contributed by atoms with Gasteiger partial charge in [-0.3, -0.25) is 4.79 Å². The van der Waals surface area contributed by atoms with Crippen LogP contribution in [0.25, 0.3) is 0 Å². The molecule has 0 atom stereocenters. The second-order valence-electron chi connectivity index (χ2n) is 4.90. The van der Waals surface area contributed by atoms with Gasteiger partial charge in [-0.1, -0.05) is 36.4 Å². The third kappa shape index (κ3) is 4.33. The quantitative estimate of drug-likeness (QED) is 0.781. The largest absolute Gasteiger partial charge is 0.341 e. The van der Waals surface area contributed by atoms with Crippen LogP contribution >= 0.6 is 11.8 Å². The monoisotopic (exact) mass is 303 g/mol. The van der Waals surface area contributed by atoms with Gasteiger partial charge in [0, 0.05) is 18.5 Å². The topological polar surface area (TPSA) is 20.3 Å². The minimum atomic E-state index is -0.281. The fourth-order valence-corrected chi connectivity index (χ4v) is 2.82. The predicted molar refractivity (Wildman–Crippen MR) is 84.8 cm³/mol. The molecule has 0 N–H and O–H groups in total. The van der Waals surface area contributed by atoms with Crippen molar-refractivity contribution in [2.45, 2.75) is 18.4 Å². The fourth-order valence-electron chi connectivity index (χ4n) is 1.94. The van der Waals surface area contributed by atoms with E-state index >= 15 is 0 Å². The Morgan fingerprint density at radius 2 is 1.81 bits per heavy atom.